The molecule has 5 aromatic rings. The molecule has 11 nitrogen and oxygen atoms in total. The van der Waals surface area contributed by atoms with Gasteiger partial charge in [-0.05, 0) is 84.0 Å². The van der Waals surface area contributed by atoms with Gasteiger partial charge in [0.15, 0.2) is 5.11 Å². The lowest BCUT2D eigenvalue weighted by Gasteiger charge is -2.16. The first-order valence-electron chi connectivity index (χ1n) is 13.9. The average molecular weight is 717 g/mol. The third-order valence-corrected chi connectivity index (χ3v) is 8.86. The van der Waals surface area contributed by atoms with Crippen molar-refractivity contribution in [3.63, 3.8) is 0 Å². The molecule has 0 saturated heterocycles. The molecule has 1 heterocycles. The number of nitrogens with zero attached hydrogens (tertiary/aromatic N) is 3. The smallest absolute Gasteiger partial charge is 0.264 e. The van der Waals surface area contributed by atoms with Gasteiger partial charge in [0, 0.05) is 21.3 Å². The van der Waals surface area contributed by atoms with E-state index in [9.17, 15) is 23.3 Å². The molecule has 0 spiro atoms. The van der Waals surface area contributed by atoms with Gasteiger partial charge in [-0.15, -0.1) is 0 Å². The van der Waals surface area contributed by atoms with Crippen LogP contribution in [0.1, 0.15) is 32.3 Å². The molecular formula is C33H23Cl2N7O4S2. The van der Waals surface area contributed by atoms with E-state index in [0.29, 0.717) is 32.4 Å². The second-order valence-corrected chi connectivity index (χ2v) is 13.0. The Bertz CT molecular complexity index is 2160. The fourth-order valence-corrected chi connectivity index (χ4v) is 5.91. The van der Waals surface area contributed by atoms with Gasteiger partial charge in [0.25, 0.3) is 15.9 Å². The van der Waals surface area contributed by atoms with Crippen LogP contribution in [-0.2, 0) is 10.0 Å². The number of nitriles is 1. The Morgan fingerprint density at radius 3 is 2.06 bits per heavy atom. The standard InChI is InChI=1S/C33H23Cl2N7O4S2/c34-22-10-6-19(7-11-22)26(18-36)29(43)28-27(20-8-12-23(35)13-9-20)30(37)40-32(39-28)42-48(45,46)25-16-14-24(15-17-25)38-33(47)41-31(44)21-4-2-1-3-5-21/h1-17,26H,(H3,37,39,40,42)(H2,38,41,44,47)/t26-/m0/s1. The zero-order chi connectivity index (χ0) is 34.4. The first kappa shape index (κ1) is 34.0. The number of hydrogen-bond acceptors (Lipinski definition) is 9. The number of nitrogens with two attached hydrogens (primary N) is 1. The van der Waals surface area contributed by atoms with Crippen LogP contribution in [0.4, 0.5) is 17.5 Å². The number of hydrogen-bond donors (Lipinski definition) is 4. The second kappa shape index (κ2) is 14.6. The van der Waals surface area contributed by atoms with E-state index >= 15 is 0 Å². The third-order valence-electron chi connectivity index (χ3n) is 6.81. The van der Waals surface area contributed by atoms with Crippen LogP contribution in [0.3, 0.4) is 0 Å². The number of aromatic nitrogens is 2. The number of anilines is 3. The summed E-state index contributed by atoms with van der Waals surface area (Å²) >= 11 is 17.3. The molecule has 1 atom stereocenters. The molecule has 0 aliphatic rings. The number of sulfonamides is 1. The second-order valence-electron chi connectivity index (χ2n) is 10.0. The molecule has 0 radical (unpaired) electrons. The molecule has 0 aliphatic heterocycles. The lowest BCUT2D eigenvalue weighted by molar-refractivity contribution is 0.0968. The average Bonchev–Trinajstić information content (AvgIpc) is 3.06. The summed E-state index contributed by atoms with van der Waals surface area (Å²) in [5.74, 6) is -3.19. The summed E-state index contributed by atoms with van der Waals surface area (Å²) < 4.78 is 29.0. The number of carbonyl (C=O) groups is 2. The van der Waals surface area contributed by atoms with Gasteiger partial charge in [0.2, 0.25) is 11.7 Å². The quantitative estimate of drug-likeness (QED) is 0.0978. The van der Waals surface area contributed by atoms with E-state index in [1.807, 2.05) is 6.07 Å². The number of nitrogen functional groups attached to an aromatic ring is 1. The van der Waals surface area contributed by atoms with Gasteiger partial charge < -0.3 is 11.1 Å². The number of ketones is 1. The first-order valence-corrected chi connectivity index (χ1v) is 16.5. The van der Waals surface area contributed by atoms with Crippen LogP contribution < -0.4 is 21.1 Å². The van der Waals surface area contributed by atoms with Gasteiger partial charge in [0.1, 0.15) is 17.4 Å². The number of benzene rings is 4. The maximum Gasteiger partial charge on any atom is 0.264 e. The van der Waals surface area contributed by atoms with E-state index in [0.717, 1.165) is 0 Å². The summed E-state index contributed by atoms with van der Waals surface area (Å²) in [6, 6.07) is 28.4. The zero-order valence-electron chi connectivity index (χ0n) is 24.5. The highest BCUT2D eigenvalue weighted by Gasteiger charge is 2.29. The van der Waals surface area contributed by atoms with Crippen molar-refractivity contribution in [2.75, 3.05) is 15.8 Å². The van der Waals surface area contributed by atoms with Crippen molar-refractivity contribution in [1.82, 2.24) is 15.3 Å². The lowest BCUT2D eigenvalue weighted by Crippen LogP contribution is -2.34. The molecule has 0 unspecified atom stereocenters. The predicted molar refractivity (Wildman–Crippen MR) is 188 cm³/mol. The Morgan fingerprint density at radius 1 is 0.854 bits per heavy atom. The lowest BCUT2D eigenvalue weighted by atomic mass is 9.91. The predicted octanol–water partition coefficient (Wildman–Crippen LogP) is 6.45. The molecular weight excluding hydrogens is 693 g/mol. The number of nitrogens with one attached hydrogen (secondary N) is 3. The highest BCUT2D eigenvalue weighted by Crippen LogP contribution is 2.33. The number of carbonyl (C=O) groups excluding carboxylic acids is 2. The molecule has 0 fully saturated rings. The fraction of sp³-hybridized carbons (Fsp3) is 0.0303. The minimum absolute atomic E-state index is 0.00806. The monoisotopic (exact) mass is 715 g/mol. The topological polar surface area (TPSA) is 180 Å². The van der Waals surface area contributed by atoms with Crippen molar-refractivity contribution in [3.05, 3.63) is 130 Å². The summed E-state index contributed by atoms with van der Waals surface area (Å²) in [5.41, 5.74) is 7.70. The molecule has 1 amide bonds. The summed E-state index contributed by atoms with van der Waals surface area (Å²) in [6.07, 6.45) is 0. The first-order chi connectivity index (χ1) is 22.9. The van der Waals surface area contributed by atoms with E-state index in [1.165, 1.54) is 48.5 Å². The van der Waals surface area contributed by atoms with E-state index < -0.39 is 33.6 Å². The number of rotatable bonds is 9. The zero-order valence-corrected chi connectivity index (χ0v) is 27.7. The summed E-state index contributed by atoms with van der Waals surface area (Å²) in [4.78, 5) is 34.4. The number of thiocarbonyl (C=S) groups is 1. The number of halogens is 2. The molecule has 1 aromatic heterocycles. The van der Waals surface area contributed by atoms with Crippen molar-refractivity contribution in [1.29, 1.82) is 5.26 Å². The van der Waals surface area contributed by atoms with Crippen LogP contribution in [-0.4, -0.2) is 35.2 Å². The molecule has 0 bridgehead atoms. The molecule has 0 saturated carbocycles. The highest BCUT2D eigenvalue weighted by atomic mass is 35.5. The molecule has 240 valence electrons. The van der Waals surface area contributed by atoms with Gasteiger partial charge in [-0.1, -0.05) is 65.7 Å². The van der Waals surface area contributed by atoms with Gasteiger partial charge >= 0.3 is 0 Å². The van der Waals surface area contributed by atoms with Crippen molar-refractivity contribution in [2.24, 2.45) is 0 Å². The van der Waals surface area contributed by atoms with Gasteiger partial charge in [-0.3, -0.25) is 14.9 Å². The van der Waals surface area contributed by atoms with Gasteiger partial charge in [0.05, 0.1) is 16.5 Å². The van der Waals surface area contributed by atoms with Gasteiger partial charge in [-0.2, -0.15) is 10.2 Å². The van der Waals surface area contributed by atoms with Gasteiger partial charge in [-0.25, -0.2) is 18.1 Å². The largest absolute Gasteiger partial charge is 0.383 e. The molecule has 5 N–H and O–H groups in total. The number of Topliss-reactive ketones (excluding diaryl/α,β-unsaturated/α-hetero) is 1. The van der Waals surface area contributed by atoms with E-state index in [4.69, 9.17) is 41.2 Å². The van der Waals surface area contributed by atoms with Crippen LogP contribution in [0.15, 0.2) is 108 Å². The van der Waals surface area contributed by atoms with Crippen molar-refractivity contribution >= 4 is 79.7 Å². The summed E-state index contributed by atoms with van der Waals surface area (Å²) in [6.45, 7) is 0. The molecule has 48 heavy (non-hydrogen) atoms. The van der Waals surface area contributed by atoms with Crippen LogP contribution in [0, 0.1) is 11.3 Å². The van der Waals surface area contributed by atoms with Crippen LogP contribution >= 0.6 is 35.4 Å². The third kappa shape index (κ3) is 7.93. The maximum atomic E-state index is 13.9. The Morgan fingerprint density at radius 2 is 1.46 bits per heavy atom. The normalized spacial score (nSPS) is 11.5. The Balaban J connectivity index is 1.41. The summed E-state index contributed by atoms with van der Waals surface area (Å²) in [5, 5.41) is 16.2. The van der Waals surface area contributed by atoms with Crippen molar-refractivity contribution < 1.29 is 18.0 Å². The SMILES string of the molecule is N#C[C@H](C(=O)c1nc(NS(=O)(=O)c2ccc(NC(=S)NC(=O)c3ccccc3)cc2)nc(N)c1-c1ccc(Cl)cc1)c1ccc(Cl)cc1. The fourth-order valence-electron chi connectivity index (χ4n) is 4.50. The minimum Gasteiger partial charge on any atom is -0.383 e. The van der Waals surface area contributed by atoms with E-state index in [-0.39, 0.29) is 27.1 Å². The molecule has 5 rings (SSSR count). The van der Waals surface area contributed by atoms with Crippen molar-refractivity contribution in [2.45, 2.75) is 10.8 Å². The highest BCUT2D eigenvalue weighted by molar-refractivity contribution is 7.92. The van der Waals surface area contributed by atoms with E-state index in [1.54, 1.807) is 54.6 Å². The van der Waals surface area contributed by atoms with E-state index in [2.05, 4.69) is 25.3 Å². The van der Waals surface area contributed by atoms with Crippen molar-refractivity contribution in [3.8, 4) is 17.2 Å². The molecule has 15 heteroatoms. The minimum atomic E-state index is -4.31. The Hall–Kier alpha value is -5.39. The van der Waals surface area contributed by atoms with Crippen LogP contribution in [0.2, 0.25) is 10.0 Å². The van der Waals surface area contributed by atoms with Crippen LogP contribution in [0.25, 0.3) is 11.1 Å². The van der Waals surface area contributed by atoms with Crippen LogP contribution in [0.5, 0.6) is 0 Å². The Labute approximate surface area is 290 Å². The summed E-state index contributed by atoms with van der Waals surface area (Å²) in [7, 11) is -4.31. The maximum absolute atomic E-state index is 13.9. The molecule has 0 aliphatic carbocycles. The number of amides is 1. The molecule has 4 aromatic carbocycles. The Kier molecular flexibility index (Phi) is 10.3.